The molecule has 0 amide bonds. The summed E-state index contributed by atoms with van der Waals surface area (Å²) in [7, 11) is -4.19. The number of aryl methyl sites for hydroxylation is 1. The highest BCUT2D eigenvalue weighted by Crippen LogP contribution is 2.48. The molecule has 1 heterocycles. The van der Waals surface area contributed by atoms with Crippen molar-refractivity contribution in [2.24, 2.45) is 5.73 Å². The summed E-state index contributed by atoms with van der Waals surface area (Å²) in [5.74, 6) is -0.476. The van der Waals surface area contributed by atoms with Gasteiger partial charge in [0, 0.05) is 10.5 Å². The molecule has 0 bridgehead atoms. The number of phenols is 1. The van der Waals surface area contributed by atoms with E-state index < -0.39 is 20.9 Å². The molecule has 1 aliphatic heterocycles. The summed E-state index contributed by atoms with van der Waals surface area (Å²) in [6.07, 6.45) is 0. The van der Waals surface area contributed by atoms with Crippen LogP contribution < -0.4 is 11.1 Å². The van der Waals surface area contributed by atoms with Crippen molar-refractivity contribution in [3.05, 3.63) is 17.2 Å². The normalized spacial score (nSPS) is 21.5. The third-order valence-electron chi connectivity index (χ3n) is 2.72. The Morgan fingerprint density at radius 2 is 2.05 bits per heavy atom. The fourth-order valence-electron chi connectivity index (χ4n) is 1.91. The summed E-state index contributed by atoms with van der Waals surface area (Å²) in [6, 6.07) is 1.58. The molecule has 0 saturated heterocycles. The Morgan fingerprint density at radius 1 is 1.47 bits per heavy atom. The van der Waals surface area contributed by atoms with Crippen LogP contribution >= 0.6 is 11.8 Å². The molecule has 0 spiro atoms. The van der Waals surface area contributed by atoms with Crippen LogP contribution in [0.5, 0.6) is 5.75 Å². The van der Waals surface area contributed by atoms with Crippen LogP contribution in [0.2, 0.25) is 0 Å². The molecule has 7 N–H and O–H groups in total. The number of nitrogens with one attached hydrogen (secondary N) is 1. The van der Waals surface area contributed by atoms with Gasteiger partial charge in [-0.1, -0.05) is 11.8 Å². The molecule has 0 aliphatic carbocycles. The van der Waals surface area contributed by atoms with E-state index in [1.807, 2.05) is 0 Å². The number of fused-ring (bicyclic) bond motifs is 1. The molecule has 7 nitrogen and oxygen atoms in total. The van der Waals surface area contributed by atoms with Gasteiger partial charge in [0.05, 0.1) is 5.69 Å². The van der Waals surface area contributed by atoms with E-state index in [-0.39, 0.29) is 11.2 Å². The Hall–Kier alpha value is -1.00. The number of aromatic hydroxyl groups is 1. The van der Waals surface area contributed by atoms with Crippen LogP contribution in [0.25, 0.3) is 0 Å². The summed E-state index contributed by atoms with van der Waals surface area (Å²) in [6.45, 7) is 3.51. The largest absolute Gasteiger partial charge is 0.508 e. The van der Waals surface area contributed by atoms with Gasteiger partial charge in [-0.25, -0.2) is 0 Å². The summed E-state index contributed by atoms with van der Waals surface area (Å²) >= 11 is 1.09. The molecule has 0 aromatic heterocycles. The first kappa shape index (κ1) is 16.1. The minimum absolute atomic E-state index is 0. The zero-order valence-corrected chi connectivity index (χ0v) is 12.0. The first-order valence-corrected chi connectivity index (χ1v) is 7.58. The molecule has 0 radical (unpaired) electrons. The lowest BCUT2D eigenvalue weighted by Gasteiger charge is -2.22. The Balaban J connectivity index is 0.00000180. The second kappa shape index (κ2) is 4.84. The Labute approximate surface area is 115 Å². The lowest BCUT2D eigenvalue weighted by atomic mass is 10.1. The maximum absolute atomic E-state index is 11.0. The molecule has 9 heteroatoms. The minimum Gasteiger partial charge on any atom is -0.508 e. The van der Waals surface area contributed by atoms with Gasteiger partial charge in [0.25, 0.3) is 10.1 Å². The van der Waals surface area contributed by atoms with Crippen molar-refractivity contribution < 1.29 is 23.6 Å². The predicted molar refractivity (Wildman–Crippen MR) is 74.0 cm³/mol. The van der Waals surface area contributed by atoms with Gasteiger partial charge < -0.3 is 15.9 Å². The lowest BCUT2D eigenvalue weighted by molar-refractivity contribution is 0.468. The quantitative estimate of drug-likeness (QED) is 0.451. The highest BCUT2D eigenvalue weighted by molar-refractivity contribution is 8.02. The summed E-state index contributed by atoms with van der Waals surface area (Å²) in [4.78, 5) is -0.613. The standard InChI is InChI=1S/C10H14N2O4S2.H2O/c1-5-3-7(13)6(2)9-8(5)12-10(11,17-9)4-18(14,15)16;/h3,12-13H,4,11H2,1-2H3,(H,14,15,16);1H2. The lowest BCUT2D eigenvalue weighted by Crippen LogP contribution is -2.47. The average molecular weight is 308 g/mol. The van der Waals surface area contributed by atoms with Crippen molar-refractivity contribution in [1.82, 2.24) is 0 Å². The summed E-state index contributed by atoms with van der Waals surface area (Å²) in [5.41, 5.74) is 8.01. The summed E-state index contributed by atoms with van der Waals surface area (Å²) in [5, 5.41) is 12.6. The number of phenolic OH excluding ortho intramolecular Hbond substituents is 1. The van der Waals surface area contributed by atoms with Crippen LogP contribution in [-0.4, -0.2) is 34.3 Å². The van der Waals surface area contributed by atoms with Gasteiger partial charge in [-0.15, -0.1) is 0 Å². The van der Waals surface area contributed by atoms with Crippen molar-refractivity contribution in [2.45, 2.75) is 23.7 Å². The smallest absolute Gasteiger partial charge is 0.269 e. The molecule has 1 atom stereocenters. The molecule has 0 saturated carbocycles. The number of hydrogen-bond acceptors (Lipinski definition) is 6. The fraction of sp³-hybridized carbons (Fsp3) is 0.400. The number of anilines is 1. The van der Waals surface area contributed by atoms with Gasteiger partial charge in [0.1, 0.15) is 11.5 Å². The van der Waals surface area contributed by atoms with E-state index in [9.17, 15) is 13.5 Å². The number of rotatable bonds is 2. The zero-order chi connectivity index (χ0) is 13.7. The van der Waals surface area contributed by atoms with Gasteiger partial charge in [-0.3, -0.25) is 10.3 Å². The van der Waals surface area contributed by atoms with Gasteiger partial charge in [0.15, 0.2) is 4.99 Å². The van der Waals surface area contributed by atoms with E-state index in [0.717, 1.165) is 17.3 Å². The maximum atomic E-state index is 11.0. The Kier molecular flexibility index (Phi) is 4.09. The molecule has 108 valence electrons. The third kappa shape index (κ3) is 3.12. The number of nitrogens with two attached hydrogens (primary N) is 1. The molecule has 1 aromatic rings. The average Bonchev–Trinajstić information content (AvgIpc) is 2.50. The van der Waals surface area contributed by atoms with E-state index in [0.29, 0.717) is 16.1 Å². The molecular weight excluding hydrogens is 292 g/mol. The molecular formula is C10H16N2O5S2. The van der Waals surface area contributed by atoms with Gasteiger partial charge in [-0.05, 0) is 25.5 Å². The maximum Gasteiger partial charge on any atom is 0.269 e. The summed E-state index contributed by atoms with van der Waals surface area (Å²) < 4.78 is 30.8. The molecule has 1 aromatic carbocycles. The van der Waals surface area contributed by atoms with Crippen molar-refractivity contribution in [1.29, 1.82) is 0 Å². The third-order valence-corrected chi connectivity index (χ3v) is 5.04. The van der Waals surface area contributed by atoms with E-state index in [2.05, 4.69) is 5.32 Å². The van der Waals surface area contributed by atoms with Gasteiger partial charge in [-0.2, -0.15) is 8.42 Å². The van der Waals surface area contributed by atoms with E-state index in [1.165, 1.54) is 0 Å². The van der Waals surface area contributed by atoms with Crippen LogP contribution in [0.1, 0.15) is 11.1 Å². The molecule has 19 heavy (non-hydrogen) atoms. The van der Waals surface area contributed by atoms with Gasteiger partial charge in [0.2, 0.25) is 0 Å². The topological polar surface area (TPSA) is 144 Å². The highest BCUT2D eigenvalue weighted by Gasteiger charge is 2.40. The van der Waals surface area contributed by atoms with Crippen LogP contribution in [0, 0.1) is 13.8 Å². The van der Waals surface area contributed by atoms with Crippen molar-refractivity contribution in [2.75, 3.05) is 11.1 Å². The van der Waals surface area contributed by atoms with Crippen molar-refractivity contribution in [3.63, 3.8) is 0 Å². The van der Waals surface area contributed by atoms with Crippen molar-refractivity contribution >= 4 is 27.6 Å². The first-order chi connectivity index (χ1) is 8.11. The zero-order valence-electron chi connectivity index (χ0n) is 10.4. The van der Waals surface area contributed by atoms with Crippen LogP contribution in [-0.2, 0) is 10.1 Å². The van der Waals surface area contributed by atoms with E-state index in [1.54, 1.807) is 19.9 Å². The SMILES string of the molecule is Cc1cc(O)c(C)c2c1NC(N)(CS(=O)(=O)O)S2.O. The van der Waals surface area contributed by atoms with Gasteiger partial charge >= 0.3 is 0 Å². The second-order valence-electron chi connectivity index (χ2n) is 4.38. The van der Waals surface area contributed by atoms with Crippen molar-refractivity contribution in [3.8, 4) is 5.75 Å². The number of hydrogen-bond donors (Lipinski definition) is 4. The van der Waals surface area contributed by atoms with Crippen LogP contribution in [0.4, 0.5) is 5.69 Å². The monoisotopic (exact) mass is 308 g/mol. The molecule has 1 unspecified atom stereocenters. The molecule has 1 aliphatic rings. The molecule has 2 rings (SSSR count). The fourth-order valence-corrected chi connectivity index (χ4v) is 4.29. The first-order valence-electron chi connectivity index (χ1n) is 5.16. The van der Waals surface area contributed by atoms with Crippen LogP contribution in [0.3, 0.4) is 0 Å². The van der Waals surface area contributed by atoms with E-state index >= 15 is 0 Å². The number of thioether (sulfide) groups is 1. The minimum atomic E-state index is -4.19. The Bertz CT molecular complexity index is 617. The van der Waals surface area contributed by atoms with E-state index in [4.69, 9.17) is 10.3 Å². The van der Waals surface area contributed by atoms with Crippen LogP contribution in [0.15, 0.2) is 11.0 Å². The number of benzene rings is 1. The predicted octanol–water partition coefficient (Wildman–Crippen LogP) is 0.202. The molecule has 0 fully saturated rings. The second-order valence-corrected chi connectivity index (χ2v) is 7.18. The Morgan fingerprint density at radius 3 is 2.58 bits per heavy atom. The highest BCUT2D eigenvalue weighted by atomic mass is 32.2.